The Kier molecular flexibility index (Phi) is 4.39. The van der Waals surface area contributed by atoms with E-state index in [9.17, 15) is 0 Å². The zero-order valence-electron chi connectivity index (χ0n) is 12.1. The fourth-order valence-electron chi connectivity index (χ4n) is 2.20. The van der Waals surface area contributed by atoms with Gasteiger partial charge >= 0.3 is 0 Å². The highest BCUT2D eigenvalue weighted by Crippen LogP contribution is 2.25. The monoisotopic (exact) mass is 274 g/mol. The number of nitrogens with two attached hydrogens (primary N) is 1. The molecule has 0 atom stereocenters. The Balaban J connectivity index is 2.17. The van der Waals surface area contributed by atoms with Crippen molar-refractivity contribution < 1.29 is 5.11 Å². The second-order valence-corrected chi connectivity index (χ2v) is 5.79. The van der Waals surface area contributed by atoms with Gasteiger partial charge in [0.05, 0.1) is 5.52 Å². The summed E-state index contributed by atoms with van der Waals surface area (Å²) >= 11 is 0. The minimum atomic E-state index is 0.0869. The van der Waals surface area contributed by atoms with Crippen molar-refractivity contribution in [2.24, 2.45) is 5.41 Å². The molecule has 0 unspecified atom stereocenters. The molecule has 0 aliphatic carbocycles. The summed E-state index contributed by atoms with van der Waals surface area (Å²) in [5.74, 6) is 1.05. The van der Waals surface area contributed by atoms with Gasteiger partial charge in [0.2, 0.25) is 5.95 Å². The van der Waals surface area contributed by atoms with Gasteiger partial charge in [0.1, 0.15) is 5.82 Å². The van der Waals surface area contributed by atoms with Crippen LogP contribution in [0.2, 0.25) is 0 Å². The maximum Gasteiger partial charge on any atom is 0.222 e. The van der Waals surface area contributed by atoms with Crippen LogP contribution in [0.15, 0.2) is 24.3 Å². The molecular weight excluding hydrogens is 252 g/mol. The number of nitrogen functional groups attached to an aromatic ring is 1. The second kappa shape index (κ2) is 6.05. The van der Waals surface area contributed by atoms with E-state index in [0.717, 1.165) is 36.1 Å². The summed E-state index contributed by atoms with van der Waals surface area (Å²) in [5.41, 5.74) is 6.68. The number of fused-ring (bicyclic) bond motifs is 1. The number of anilines is 2. The molecule has 0 saturated carbocycles. The number of aliphatic hydroxyl groups is 1. The van der Waals surface area contributed by atoms with Crippen molar-refractivity contribution in [3.05, 3.63) is 24.3 Å². The van der Waals surface area contributed by atoms with Crippen LogP contribution in [0.3, 0.4) is 0 Å². The summed E-state index contributed by atoms with van der Waals surface area (Å²) in [6.45, 7) is 5.34. The third-order valence-corrected chi connectivity index (χ3v) is 3.37. The van der Waals surface area contributed by atoms with E-state index in [0.29, 0.717) is 0 Å². The highest BCUT2D eigenvalue weighted by Gasteiger charge is 2.18. The Morgan fingerprint density at radius 2 is 2.00 bits per heavy atom. The van der Waals surface area contributed by atoms with Gasteiger partial charge < -0.3 is 16.2 Å². The van der Waals surface area contributed by atoms with Gasteiger partial charge in [-0.1, -0.05) is 26.0 Å². The van der Waals surface area contributed by atoms with Crippen LogP contribution in [0.25, 0.3) is 10.9 Å². The van der Waals surface area contributed by atoms with E-state index in [-0.39, 0.29) is 18.0 Å². The van der Waals surface area contributed by atoms with Crippen LogP contribution < -0.4 is 11.1 Å². The number of para-hydroxylation sites is 1. The molecule has 2 rings (SSSR count). The average Bonchev–Trinajstić information content (AvgIpc) is 2.42. The first kappa shape index (κ1) is 14.5. The van der Waals surface area contributed by atoms with Gasteiger partial charge in [0.15, 0.2) is 0 Å². The Morgan fingerprint density at radius 3 is 2.75 bits per heavy atom. The first-order valence-electron chi connectivity index (χ1n) is 6.89. The van der Waals surface area contributed by atoms with Gasteiger partial charge in [-0.15, -0.1) is 0 Å². The molecule has 20 heavy (non-hydrogen) atoms. The maximum absolute atomic E-state index is 8.94. The zero-order chi connectivity index (χ0) is 14.6. The fourth-order valence-corrected chi connectivity index (χ4v) is 2.20. The lowest BCUT2D eigenvalue weighted by molar-refractivity contribution is 0.248. The van der Waals surface area contributed by atoms with Crippen molar-refractivity contribution in [1.29, 1.82) is 0 Å². The number of aliphatic hydroxyl groups excluding tert-OH is 1. The summed E-state index contributed by atoms with van der Waals surface area (Å²) in [4.78, 5) is 8.51. The molecule has 0 saturated heterocycles. The van der Waals surface area contributed by atoms with Crippen LogP contribution in [0.4, 0.5) is 11.8 Å². The van der Waals surface area contributed by atoms with Gasteiger partial charge in [-0.3, -0.25) is 0 Å². The van der Waals surface area contributed by atoms with Crippen molar-refractivity contribution >= 4 is 22.7 Å². The molecule has 5 nitrogen and oxygen atoms in total. The van der Waals surface area contributed by atoms with Gasteiger partial charge in [-0.2, -0.15) is 4.98 Å². The molecule has 108 valence electrons. The number of rotatable bonds is 6. The quantitative estimate of drug-likeness (QED) is 0.753. The van der Waals surface area contributed by atoms with E-state index in [4.69, 9.17) is 10.8 Å². The second-order valence-electron chi connectivity index (χ2n) is 5.79. The van der Waals surface area contributed by atoms with Crippen molar-refractivity contribution in [3.63, 3.8) is 0 Å². The molecule has 0 fully saturated rings. The number of nitrogens with zero attached hydrogens (tertiary/aromatic N) is 2. The minimum Gasteiger partial charge on any atom is -0.396 e. The van der Waals surface area contributed by atoms with E-state index < -0.39 is 0 Å². The van der Waals surface area contributed by atoms with Crippen molar-refractivity contribution in [3.8, 4) is 0 Å². The van der Waals surface area contributed by atoms with Crippen molar-refractivity contribution in [2.75, 3.05) is 24.2 Å². The topological polar surface area (TPSA) is 84.1 Å². The van der Waals surface area contributed by atoms with Crippen LogP contribution in [-0.2, 0) is 0 Å². The summed E-state index contributed by atoms with van der Waals surface area (Å²) in [6, 6.07) is 7.81. The lowest BCUT2D eigenvalue weighted by Crippen LogP contribution is -2.24. The molecule has 5 heteroatoms. The minimum absolute atomic E-state index is 0.0869. The molecular formula is C15H22N4O. The van der Waals surface area contributed by atoms with Gasteiger partial charge in [-0.25, -0.2) is 4.98 Å². The number of hydrogen-bond donors (Lipinski definition) is 3. The molecule has 1 heterocycles. The predicted molar refractivity (Wildman–Crippen MR) is 82.5 cm³/mol. The molecule has 1 aromatic heterocycles. The van der Waals surface area contributed by atoms with Crippen LogP contribution in [0.5, 0.6) is 0 Å². The van der Waals surface area contributed by atoms with Crippen molar-refractivity contribution in [2.45, 2.75) is 26.7 Å². The van der Waals surface area contributed by atoms with Crippen LogP contribution in [-0.4, -0.2) is 28.2 Å². The Morgan fingerprint density at radius 1 is 1.25 bits per heavy atom. The third-order valence-electron chi connectivity index (χ3n) is 3.37. The molecule has 0 amide bonds. The SMILES string of the molecule is CC(C)(CCCO)CNc1nc(N)nc2ccccc12. The smallest absolute Gasteiger partial charge is 0.222 e. The number of aromatic nitrogens is 2. The summed E-state index contributed by atoms with van der Waals surface area (Å²) < 4.78 is 0. The van der Waals surface area contributed by atoms with Gasteiger partial charge in [-0.05, 0) is 30.4 Å². The van der Waals surface area contributed by atoms with Crippen LogP contribution >= 0.6 is 0 Å². The average molecular weight is 274 g/mol. The van der Waals surface area contributed by atoms with Gasteiger partial charge in [0.25, 0.3) is 0 Å². The molecule has 2 aromatic rings. The summed E-state index contributed by atoms with van der Waals surface area (Å²) in [6.07, 6.45) is 1.76. The largest absolute Gasteiger partial charge is 0.396 e. The Bertz CT molecular complexity index is 583. The maximum atomic E-state index is 8.94. The lowest BCUT2D eigenvalue weighted by atomic mass is 9.88. The van der Waals surface area contributed by atoms with Crippen LogP contribution in [0.1, 0.15) is 26.7 Å². The fraction of sp³-hybridized carbons (Fsp3) is 0.467. The lowest BCUT2D eigenvalue weighted by Gasteiger charge is -2.25. The van der Waals surface area contributed by atoms with Crippen molar-refractivity contribution in [1.82, 2.24) is 9.97 Å². The van der Waals surface area contributed by atoms with E-state index in [2.05, 4.69) is 29.1 Å². The van der Waals surface area contributed by atoms with E-state index in [1.54, 1.807) is 0 Å². The highest BCUT2D eigenvalue weighted by atomic mass is 16.2. The Hall–Kier alpha value is -1.88. The van der Waals surface area contributed by atoms with Gasteiger partial charge in [0, 0.05) is 18.5 Å². The molecule has 1 aromatic carbocycles. The first-order chi connectivity index (χ1) is 9.52. The predicted octanol–water partition coefficient (Wildman–Crippen LogP) is 2.42. The molecule has 0 bridgehead atoms. The number of nitrogens with one attached hydrogen (secondary N) is 1. The van der Waals surface area contributed by atoms with E-state index in [1.165, 1.54) is 0 Å². The molecule has 0 radical (unpaired) electrons. The normalized spacial score (nSPS) is 11.8. The third kappa shape index (κ3) is 3.57. The summed E-state index contributed by atoms with van der Waals surface area (Å²) in [5, 5.41) is 13.3. The molecule has 0 spiro atoms. The summed E-state index contributed by atoms with van der Waals surface area (Å²) in [7, 11) is 0. The standard InChI is InChI=1S/C15H22N4O/c1-15(2,8-5-9-20)10-17-13-11-6-3-4-7-12(11)18-14(16)19-13/h3-4,6-7,20H,5,8-10H2,1-2H3,(H3,16,17,18,19). The van der Waals surface area contributed by atoms with E-state index in [1.807, 2.05) is 24.3 Å². The molecule has 0 aliphatic rings. The number of benzene rings is 1. The van der Waals surface area contributed by atoms with E-state index >= 15 is 0 Å². The number of hydrogen-bond acceptors (Lipinski definition) is 5. The molecule has 0 aliphatic heterocycles. The molecule has 4 N–H and O–H groups in total. The van der Waals surface area contributed by atoms with Crippen LogP contribution in [0, 0.1) is 5.41 Å². The highest BCUT2D eigenvalue weighted by molar-refractivity contribution is 5.89. The first-order valence-corrected chi connectivity index (χ1v) is 6.89. The zero-order valence-corrected chi connectivity index (χ0v) is 12.1. The Labute approximate surface area is 119 Å².